The Labute approximate surface area is 85.4 Å². The van der Waals surface area contributed by atoms with Gasteiger partial charge in [-0.15, -0.1) is 0 Å². The van der Waals surface area contributed by atoms with Crippen molar-refractivity contribution in [2.75, 3.05) is 0 Å². The van der Waals surface area contributed by atoms with Crippen LogP contribution in [0.1, 0.15) is 41.0 Å². The van der Waals surface area contributed by atoms with E-state index in [-0.39, 0.29) is 17.7 Å². The smallest absolute Gasteiger partial charge is 0.244 e. The van der Waals surface area contributed by atoms with Crippen LogP contribution in [0, 0.1) is 11.3 Å². The van der Waals surface area contributed by atoms with E-state index in [2.05, 4.69) is 10.9 Å². The summed E-state index contributed by atoms with van der Waals surface area (Å²) in [6.07, 6.45) is 0.733. The van der Waals surface area contributed by atoms with Crippen LogP contribution in [0.3, 0.4) is 0 Å². The van der Waals surface area contributed by atoms with Gasteiger partial charge >= 0.3 is 0 Å². The zero-order valence-electron chi connectivity index (χ0n) is 9.60. The van der Waals surface area contributed by atoms with Gasteiger partial charge in [0.25, 0.3) is 0 Å². The predicted octanol–water partition coefficient (Wildman–Crippen LogP) is 1.23. The molecular formula is C10H20N2O2. The highest BCUT2D eigenvalue weighted by molar-refractivity contribution is 5.85. The second-order valence-electron chi connectivity index (χ2n) is 4.34. The fraction of sp³-hybridized carbons (Fsp3) is 0.800. The first kappa shape index (κ1) is 12.9. The molecule has 0 aliphatic carbocycles. The van der Waals surface area contributed by atoms with Crippen molar-refractivity contribution in [1.29, 1.82) is 0 Å². The Balaban J connectivity index is 4.04. The van der Waals surface area contributed by atoms with E-state index in [1.54, 1.807) is 13.8 Å². The maximum atomic E-state index is 11.5. The van der Waals surface area contributed by atoms with E-state index in [1.807, 2.05) is 20.8 Å². The molecule has 0 aliphatic heterocycles. The summed E-state index contributed by atoms with van der Waals surface area (Å²) in [6.45, 7) is 9.15. The molecule has 0 aromatic carbocycles. The SMILES string of the molecule is CCC(C)(C)C(=O)NNC(=O)C(C)C. The van der Waals surface area contributed by atoms with Gasteiger partial charge in [-0.05, 0) is 6.42 Å². The van der Waals surface area contributed by atoms with Gasteiger partial charge in [-0.1, -0.05) is 34.6 Å². The molecule has 0 saturated carbocycles. The third-order valence-electron chi connectivity index (χ3n) is 2.32. The molecule has 82 valence electrons. The third-order valence-corrected chi connectivity index (χ3v) is 2.32. The monoisotopic (exact) mass is 200 g/mol. The molecule has 0 radical (unpaired) electrons. The number of rotatable bonds is 3. The first-order valence-corrected chi connectivity index (χ1v) is 4.91. The normalized spacial score (nSPS) is 11.3. The Hall–Kier alpha value is -1.06. The number of hydrogen-bond acceptors (Lipinski definition) is 2. The molecule has 2 amide bonds. The molecule has 0 spiro atoms. The van der Waals surface area contributed by atoms with Gasteiger partial charge in [-0.3, -0.25) is 20.4 Å². The third kappa shape index (κ3) is 3.77. The van der Waals surface area contributed by atoms with Crippen LogP contribution in [0.2, 0.25) is 0 Å². The Bertz CT molecular complexity index is 222. The lowest BCUT2D eigenvalue weighted by molar-refractivity contribution is -0.135. The predicted molar refractivity (Wildman–Crippen MR) is 55.2 cm³/mol. The fourth-order valence-corrected chi connectivity index (χ4v) is 0.592. The van der Waals surface area contributed by atoms with Crippen molar-refractivity contribution in [3.63, 3.8) is 0 Å². The molecule has 0 heterocycles. The lowest BCUT2D eigenvalue weighted by atomic mass is 9.90. The first-order chi connectivity index (χ1) is 6.31. The van der Waals surface area contributed by atoms with Crippen LogP contribution >= 0.6 is 0 Å². The Morgan fingerprint density at radius 2 is 1.71 bits per heavy atom. The molecule has 2 N–H and O–H groups in total. The van der Waals surface area contributed by atoms with Gasteiger partial charge in [0.2, 0.25) is 11.8 Å². The van der Waals surface area contributed by atoms with Gasteiger partial charge in [0, 0.05) is 11.3 Å². The van der Waals surface area contributed by atoms with E-state index in [0.717, 1.165) is 6.42 Å². The summed E-state index contributed by atoms with van der Waals surface area (Å²) in [4.78, 5) is 22.6. The molecule has 14 heavy (non-hydrogen) atoms. The van der Waals surface area contributed by atoms with E-state index in [4.69, 9.17) is 0 Å². The number of carbonyl (C=O) groups excluding carboxylic acids is 2. The number of hydrogen-bond donors (Lipinski definition) is 2. The Morgan fingerprint density at radius 3 is 2.07 bits per heavy atom. The van der Waals surface area contributed by atoms with Crippen molar-refractivity contribution in [2.24, 2.45) is 11.3 Å². The van der Waals surface area contributed by atoms with Crippen LogP contribution in [-0.2, 0) is 9.59 Å². The number of hydrazine groups is 1. The molecule has 0 bridgehead atoms. The zero-order chi connectivity index (χ0) is 11.4. The van der Waals surface area contributed by atoms with Gasteiger partial charge in [0.1, 0.15) is 0 Å². The number of carbonyl (C=O) groups is 2. The van der Waals surface area contributed by atoms with Crippen LogP contribution in [-0.4, -0.2) is 11.8 Å². The van der Waals surface area contributed by atoms with Crippen molar-refractivity contribution in [3.8, 4) is 0 Å². The summed E-state index contributed by atoms with van der Waals surface area (Å²) < 4.78 is 0. The molecule has 0 rings (SSSR count). The fourth-order valence-electron chi connectivity index (χ4n) is 0.592. The van der Waals surface area contributed by atoms with E-state index < -0.39 is 5.41 Å². The molecule has 0 saturated heterocycles. The molecule has 0 aromatic rings. The van der Waals surface area contributed by atoms with Crippen LogP contribution in [0.5, 0.6) is 0 Å². The van der Waals surface area contributed by atoms with E-state index in [0.29, 0.717) is 0 Å². The van der Waals surface area contributed by atoms with Gasteiger partial charge in [0.05, 0.1) is 0 Å². The second kappa shape index (κ2) is 4.98. The van der Waals surface area contributed by atoms with Crippen molar-refractivity contribution in [1.82, 2.24) is 10.9 Å². The summed E-state index contributed by atoms with van der Waals surface area (Å²) in [5.74, 6) is -0.459. The molecule has 0 atom stereocenters. The van der Waals surface area contributed by atoms with Crippen LogP contribution in [0.4, 0.5) is 0 Å². The van der Waals surface area contributed by atoms with Gasteiger partial charge in [-0.2, -0.15) is 0 Å². The summed E-state index contributed by atoms with van der Waals surface area (Å²) in [5, 5.41) is 0. The summed E-state index contributed by atoms with van der Waals surface area (Å²) >= 11 is 0. The van der Waals surface area contributed by atoms with Crippen LogP contribution in [0.15, 0.2) is 0 Å². The minimum atomic E-state index is -0.440. The van der Waals surface area contributed by atoms with Gasteiger partial charge < -0.3 is 0 Å². The molecule has 4 heteroatoms. The molecule has 0 fully saturated rings. The summed E-state index contributed by atoms with van der Waals surface area (Å²) in [6, 6.07) is 0. The zero-order valence-corrected chi connectivity index (χ0v) is 9.60. The molecule has 4 nitrogen and oxygen atoms in total. The standard InChI is InChI=1S/C10H20N2O2/c1-6-10(4,5)9(14)12-11-8(13)7(2)3/h7H,6H2,1-5H3,(H,11,13)(H,12,14). The lowest BCUT2D eigenvalue weighted by Crippen LogP contribution is -2.48. The molecular weight excluding hydrogens is 180 g/mol. The minimum absolute atomic E-state index is 0.125. The van der Waals surface area contributed by atoms with Crippen molar-refractivity contribution < 1.29 is 9.59 Å². The van der Waals surface area contributed by atoms with E-state index in [1.165, 1.54) is 0 Å². The van der Waals surface area contributed by atoms with E-state index in [9.17, 15) is 9.59 Å². The highest BCUT2D eigenvalue weighted by atomic mass is 16.2. The number of nitrogens with one attached hydrogen (secondary N) is 2. The summed E-state index contributed by atoms with van der Waals surface area (Å²) in [7, 11) is 0. The first-order valence-electron chi connectivity index (χ1n) is 4.91. The van der Waals surface area contributed by atoms with Crippen LogP contribution in [0.25, 0.3) is 0 Å². The topological polar surface area (TPSA) is 58.2 Å². The Kier molecular flexibility index (Phi) is 4.60. The molecule has 0 aromatic heterocycles. The number of amides is 2. The molecule has 0 unspecified atom stereocenters. The van der Waals surface area contributed by atoms with Crippen molar-refractivity contribution in [3.05, 3.63) is 0 Å². The minimum Gasteiger partial charge on any atom is -0.273 e. The summed E-state index contributed by atoms with van der Waals surface area (Å²) in [5.41, 5.74) is 4.36. The van der Waals surface area contributed by atoms with E-state index >= 15 is 0 Å². The van der Waals surface area contributed by atoms with Gasteiger partial charge in [0.15, 0.2) is 0 Å². The van der Waals surface area contributed by atoms with Gasteiger partial charge in [-0.25, -0.2) is 0 Å². The lowest BCUT2D eigenvalue weighted by Gasteiger charge is -2.21. The highest BCUT2D eigenvalue weighted by Gasteiger charge is 2.25. The average Bonchev–Trinajstić information content (AvgIpc) is 2.13. The second-order valence-corrected chi connectivity index (χ2v) is 4.34. The largest absolute Gasteiger partial charge is 0.273 e. The highest BCUT2D eigenvalue weighted by Crippen LogP contribution is 2.18. The maximum absolute atomic E-state index is 11.5. The average molecular weight is 200 g/mol. The maximum Gasteiger partial charge on any atom is 0.244 e. The molecule has 0 aliphatic rings. The quantitative estimate of drug-likeness (QED) is 0.673. The van der Waals surface area contributed by atoms with Crippen molar-refractivity contribution >= 4 is 11.8 Å². The van der Waals surface area contributed by atoms with Crippen molar-refractivity contribution in [2.45, 2.75) is 41.0 Å². The van der Waals surface area contributed by atoms with Crippen LogP contribution < -0.4 is 10.9 Å². The Morgan fingerprint density at radius 1 is 1.21 bits per heavy atom.